The molecule has 0 aromatic heterocycles. The summed E-state index contributed by atoms with van der Waals surface area (Å²) in [6, 6.07) is 6.96. The normalized spacial score (nSPS) is 29.0. The number of likely N-dealkylation sites (tertiary alicyclic amines) is 1. The lowest BCUT2D eigenvalue weighted by Crippen LogP contribution is -2.64. The number of carboxylic acids is 1. The molecule has 8 heteroatoms. The third-order valence-corrected chi connectivity index (χ3v) is 6.60. The summed E-state index contributed by atoms with van der Waals surface area (Å²) < 4.78 is 0. The van der Waals surface area contributed by atoms with Gasteiger partial charge in [-0.05, 0) is 45.2 Å². The molecule has 8 nitrogen and oxygen atoms in total. The van der Waals surface area contributed by atoms with Gasteiger partial charge >= 0.3 is 5.97 Å². The van der Waals surface area contributed by atoms with Crippen LogP contribution in [0.3, 0.4) is 0 Å². The van der Waals surface area contributed by atoms with E-state index in [2.05, 4.69) is 0 Å². The fourth-order valence-corrected chi connectivity index (χ4v) is 4.80. The van der Waals surface area contributed by atoms with Crippen molar-refractivity contribution in [2.75, 3.05) is 24.5 Å². The van der Waals surface area contributed by atoms with Gasteiger partial charge in [0.25, 0.3) is 5.91 Å². The highest BCUT2D eigenvalue weighted by Gasteiger charge is 2.53. The molecule has 0 bridgehead atoms. The maximum Gasteiger partial charge on any atom is 0.311 e. The molecule has 4 rings (SSSR count). The molecule has 3 amide bonds. The van der Waals surface area contributed by atoms with Crippen LogP contribution in [0, 0.1) is 5.41 Å². The molecule has 2 atom stereocenters. The minimum absolute atomic E-state index is 0.0682. The second kappa shape index (κ2) is 6.57. The molecular weight excluding hydrogens is 374 g/mol. The Labute approximate surface area is 169 Å². The number of fused-ring (bicyclic) bond motifs is 3. The van der Waals surface area contributed by atoms with Crippen molar-refractivity contribution in [3.63, 3.8) is 0 Å². The van der Waals surface area contributed by atoms with Crippen LogP contribution in [0.25, 0.3) is 0 Å². The first-order chi connectivity index (χ1) is 13.7. The van der Waals surface area contributed by atoms with Crippen LogP contribution in [0.4, 0.5) is 5.69 Å². The van der Waals surface area contributed by atoms with E-state index in [9.17, 15) is 24.3 Å². The molecule has 0 aliphatic carbocycles. The van der Waals surface area contributed by atoms with Gasteiger partial charge in [0.05, 0.1) is 16.7 Å². The van der Waals surface area contributed by atoms with E-state index in [-0.39, 0.29) is 30.8 Å². The summed E-state index contributed by atoms with van der Waals surface area (Å²) in [5, 5.41) is 9.52. The standard InChI is InChI=1S/C21H25N3O5/c1-20(19(28)29)9-5-11-22(13-20)17(26)12-23-18(27)14-6-3-4-7-15(14)24-16(25)8-10-21(23,24)2/h3-4,6-7H,5,8-13H2,1-2H3,(H,28,29). The smallest absolute Gasteiger partial charge is 0.311 e. The first kappa shape index (κ1) is 19.4. The first-order valence-corrected chi connectivity index (χ1v) is 9.93. The highest BCUT2D eigenvalue weighted by atomic mass is 16.4. The second-order valence-electron chi connectivity index (χ2n) is 8.64. The molecule has 2 unspecified atom stereocenters. The number of carboxylic acid groups (broad SMARTS) is 1. The summed E-state index contributed by atoms with van der Waals surface area (Å²) in [5.41, 5.74) is -0.889. The van der Waals surface area contributed by atoms with E-state index in [0.717, 1.165) is 0 Å². The number of aliphatic carboxylic acids is 1. The topological polar surface area (TPSA) is 98.2 Å². The summed E-state index contributed by atoms with van der Waals surface area (Å²) in [6.45, 7) is 3.88. The molecule has 29 heavy (non-hydrogen) atoms. The van der Waals surface area contributed by atoms with E-state index in [4.69, 9.17) is 0 Å². The minimum atomic E-state index is -0.980. The number of nitrogens with zero attached hydrogens (tertiary/aromatic N) is 3. The predicted molar refractivity (Wildman–Crippen MR) is 104 cm³/mol. The van der Waals surface area contributed by atoms with E-state index in [1.54, 1.807) is 36.1 Å². The first-order valence-electron chi connectivity index (χ1n) is 9.93. The van der Waals surface area contributed by atoms with Gasteiger partial charge in [0.15, 0.2) is 0 Å². The van der Waals surface area contributed by atoms with Gasteiger partial charge in [0, 0.05) is 19.5 Å². The monoisotopic (exact) mass is 399 g/mol. The lowest BCUT2D eigenvalue weighted by Gasteiger charge is -2.49. The molecule has 0 saturated carbocycles. The number of carbonyl (C=O) groups excluding carboxylic acids is 3. The molecule has 3 heterocycles. The summed E-state index contributed by atoms with van der Waals surface area (Å²) in [5.74, 6) is -1.55. The molecular formula is C21H25N3O5. The Balaban J connectivity index is 1.63. The van der Waals surface area contributed by atoms with Crippen LogP contribution in [-0.4, -0.2) is 63.9 Å². The Kier molecular flexibility index (Phi) is 4.40. The molecule has 2 saturated heterocycles. The molecule has 2 fully saturated rings. The third-order valence-electron chi connectivity index (χ3n) is 6.60. The number of hydrogen-bond donors (Lipinski definition) is 1. The van der Waals surface area contributed by atoms with Crippen LogP contribution in [-0.2, 0) is 14.4 Å². The van der Waals surface area contributed by atoms with Crippen LogP contribution in [0.2, 0.25) is 0 Å². The van der Waals surface area contributed by atoms with Crippen LogP contribution in [0.1, 0.15) is 49.9 Å². The van der Waals surface area contributed by atoms with E-state index >= 15 is 0 Å². The molecule has 3 aliphatic rings. The van der Waals surface area contributed by atoms with Gasteiger partial charge in [0.2, 0.25) is 11.8 Å². The Morgan fingerprint density at radius 2 is 1.86 bits per heavy atom. The molecule has 154 valence electrons. The van der Waals surface area contributed by atoms with Gasteiger partial charge in [0.1, 0.15) is 12.2 Å². The van der Waals surface area contributed by atoms with E-state index in [1.807, 2.05) is 6.92 Å². The van der Waals surface area contributed by atoms with E-state index in [0.29, 0.717) is 43.5 Å². The highest BCUT2D eigenvalue weighted by molar-refractivity contribution is 6.11. The maximum absolute atomic E-state index is 13.2. The number of benzene rings is 1. The maximum atomic E-state index is 13.2. The summed E-state index contributed by atoms with van der Waals surface area (Å²) in [7, 11) is 0. The van der Waals surface area contributed by atoms with Crippen molar-refractivity contribution >= 4 is 29.4 Å². The highest BCUT2D eigenvalue weighted by Crippen LogP contribution is 2.44. The average Bonchev–Trinajstić information content (AvgIpc) is 3.00. The van der Waals surface area contributed by atoms with Crippen LogP contribution >= 0.6 is 0 Å². The van der Waals surface area contributed by atoms with Gasteiger partial charge in [-0.15, -0.1) is 0 Å². The molecule has 3 aliphatic heterocycles. The van der Waals surface area contributed by atoms with E-state index < -0.39 is 17.0 Å². The van der Waals surface area contributed by atoms with Crippen molar-refractivity contribution in [1.82, 2.24) is 9.80 Å². The van der Waals surface area contributed by atoms with Crippen LogP contribution < -0.4 is 4.90 Å². The second-order valence-corrected chi connectivity index (χ2v) is 8.64. The Morgan fingerprint density at radius 3 is 2.59 bits per heavy atom. The van der Waals surface area contributed by atoms with Crippen molar-refractivity contribution in [3.05, 3.63) is 29.8 Å². The minimum Gasteiger partial charge on any atom is -0.481 e. The van der Waals surface area contributed by atoms with Crippen LogP contribution in [0.5, 0.6) is 0 Å². The van der Waals surface area contributed by atoms with Gasteiger partial charge in [-0.3, -0.25) is 24.1 Å². The van der Waals surface area contributed by atoms with Gasteiger partial charge in [-0.1, -0.05) is 12.1 Å². The lowest BCUT2D eigenvalue weighted by atomic mass is 9.82. The lowest BCUT2D eigenvalue weighted by molar-refractivity contribution is -0.154. The quantitative estimate of drug-likeness (QED) is 0.834. The predicted octanol–water partition coefficient (Wildman–Crippen LogP) is 1.70. The SMILES string of the molecule is CC1(C(=O)O)CCCN(C(=O)CN2C(=O)c3ccccc3N3C(=O)CCC23C)C1. The number of piperidine rings is 1. The molecule has 1 aromatic rings. The Morgan fingerprint density at radius 1 is 1.14 bits per heavy atom. The van der Waals surface area contributed by atoms with Gasteiger partial charge in [-0.25, -0.2) is 0 Å². The number of rotatable bonds is 3. The van der Waals surface area contributed by atoms with Gasteiger partial charge < -0.3 is 14.9 Å². The van der Waals surface area contributed by atoms with Crippen molar-refractivity contribution in [2.24, 2.45) is 5.41 Å². The number of amides is 3. The van der Waals surface area contributed by atoms with E-state index in [1.165, 1.54) is 9.80 Å². The summed E-state index contributed by atoms with van der Waals surface area (Å²) in [6.07, 6.45) is 1.88. The zero-order valence-corrected chi connectivity index (χ0v) is 16.7. The zero-order valence-electron chi connectivity index (χ0n) is 16.7. The van der Waals surface area contributed by atoms with Crippen molar-refractivity contribution in [2.45, 2.75) is 45.2 Å². The number of para-hydroxylation sites is 1. The van der Waals surface area contributed by atoms with Gasteiger partial charge in [-0.2, -0.15) is 0 Å². The fraction of sp³-hybridized carbons (Fsp3) is 0.524. The summed E-state index contributed by atoms with van der Waals surface area (Å²) >= 11 is 0. The Hall–Kier alpha value is -2.90. The zero-order chi connectivity index (χ0) is 21.0. The average molecular weight is 399 g/mol. The molecule has 0 spiro atoms. The fourth-order valence-electron chi connectivity index (χ4n) is 4.80. The number of anilines is 1. The molecule has 0 radical (unpaired) electrons. The van der Waals surface area contributed by atoms with Crippen LogP contribution in [0.15, 0.2) is 24.3 Å². The Bertz CT molecular complexity index is 915. The third kappa shape index (κ3) is 2.89. The van der Waals surface area contributed by atoms with Crippen molar-refractivity contribution < 1.29 is 24.3 Å². The summed E-state index contributed by atoms with van der Waals surface area (Å²) in [4.78, 5) is 55.2. The largest absolute Gasteiger partial charge is 0.481 e. The van der Waals surface area contributed by atoms with Crippen molar-refractivity contribution in [1.29, 1.82) is 0 Å². The molecule has 1 N–H and O–H groups in total. The number of hydrogen-bond acceptors (Lipinski definition) is 4. The number of carbonyl (C=O) groups is 4. The molecule has 1 aromatic carbocycles. The van der Waals surface area contributed by atoms with Crippen molar-refractivity contribution in [3.8, 4) is 0 Å².